The summed E-state index contributed by atoms with van der Waals surface area (Å²) in [5.74, 6) is -4.13. The van der Waals surface area contributed by atoms with Crippen molar-refractivity contribution in [3.8, 4) is 0 Å². The molecule has 0 radical (unpaired) electrons. The zero-order valence-corrected chi connectivity index (χ0v) is 9.52. The summed E-state index contributed by atoms with van der Waals surface area (Å²) in [4.78, 5) is 10.9. The number of aliphatic hydroxyl groups is 2. The number of nitrogens with one attached hydrogen (secondary N) is 1. The zero-order chi connectivity index (χ0) is 13.9. The molecule has 0 saturated heterocycles. The Bertz CT molecular complexity index is 453. The van der Waals surface area contributed by atoms with Gasteiger partial charge in [-0.1, -0.05) is 0 Å². The predicted octanol–water partition coefficient (Wildman–Crippen LogP) is 0.277. The fourth-order valence-electron chi connectivity index (χ4n) is 1.52. The Labute approximate surface area is 102 Å². The van der Waals surface area contributed by atoms with Gasteiger partial charge in [-0.3, -0.25) is 0 Å². The largest absolute Gasteiger partial charge is 0.478 e. The molecule has 0 aromatic heterocycles. The molecule has 0 heterocycles. The van der Waals surface area contributed by atoms with E-state index in [1.54, 1.807) is 0 Å². The van der Waals surface area contributed by atoms with Gasteiger partial charge in [0.2, 0.25) is 0 Å². The number of hydrogen-bond donors (Lipinski definition) is 4. The van der Waals surface area contributed by atoms with Crippen LogP contribution in [0.15, 0.2) is 12.1 Å². The topological polar surface area (TPSA) is 89.8 Å². The van der Waals surface area contributed by atoms with Crippen molar-refractivity contribution in [2.24, 2.45) is 0 Å². The van der Waals surface area contributed by atoms with E-state index >= 15 is 0 Å². The van der Waals surface area contributed by atoms with E-state index in [0.29, 0.717) is 12.1 Å². The molecule has 7 heteroatoms. The minimum absolute atomic E-state index is 0.0286. The fraction of sp³-hybridized carbons (Fsp3) is 0.364. The Morgan fingerprint density at radius 3 is 2.39 bits per heavy atom. The second kappa shape index (κ2) is 5.85. The first-order valence-electron chi connectivity index (χ1n) is 5.11. The molecular weight excluding hydrogens is 248 g/mol. The van der Waals surface area contributed by atoms with E-state index in [1.807, 2.05) is 0 Å². The number of rotatable bonds is 5. The summed E-state index contributed by atoms with van der Waals surface area (Å²) in [7, 11) is 1.51. The molecule has 1 aromatic carbocycles. The first-order chi connectivity index (χ1) is 8.38. The quantitative estimate of drug-likeness (QED) is 0.611. The molecule has 0 bridgehead atoms. The molecule has 0 spiro atoms. The Morgan fingerprint density at radius 2 is 1.89 bits per heavy atom. The highest BCUT2D eigenvalue weighted by atomic mass is 19.2. The number of hydrogen-bond acceptors (Lipinski definition) is 4. The number of aromatic carboxylic acids is 1. The molecule has 1 rings (SSSR count). The standard InChI is InChI=1S/C11H13F2NO4/c1-14-4-9(15)10(16)5-2-7(12)8(13)3-6(5)11(17)18/h2-3,9-10,14-16H,4H2,1H3,(H,17,18). The summed E-state index contributed by atoms with van der Waals surface area (Å²) in [6.45, 7) is -0.0286. The first-order valence-corrected chi connectivity index (χ1v) is 5.11. The average molecular weight is 261 g/mol. The number of carboxylic acids is 1. The minimum atomic E-state index is -1.63. The van der Waals surface area contributed by atoms with Crippen molar-refractivity contribution < 1.29 is 28.9 Å². The third-order valence-electron chi connectivity index (χ3n) is 2.42. The maximum Gasteiger partial charge on any atom is 0.336 e. The predicted molar refractivity (Wildman–Crippen MR) is 58.2 cm³/mol. The molecule has 0 aliphatic heterocycles. The van der Waals surface area contributed by atoms with Crippen molar-refractivity contribution in [2.75, 3.05) is 13.6 Å². The van der Waals surface area contributed by atoms with E-state index in [4.69, 9.17) is 5.11 Å². The van der Waals surface area contributed by atoms with Crippen molar-refractivity contribution in [1.29, 1.82) is 0 Å². The van der Waals surface area contributed by atoms with Crippen molar-refractivity contribution >= 4 is 5.97 Å². The van der Waals surface area contributed by atoms with Crippen molar-refractivity contribution in [3.63, 3.8) is 0 Å². The molecular formula is C11H13F2NO4. The molecule has 100 valence electrons. The van der Waals surface area contributed by atoms with Crippen molar-refractivity contribution in [1.82, 2.24) is 5.32 Å². The van der Waals surface area contributed by atoms with Crippen LogP contribution in [0, 0.1) is 11.6 Å². The lowest BCUT2D eigenvalue weighted by molar-refractivity contribution is 0.0189. The van der Waals surface area contributed by atoms with Gasteiger partial charge in [-0.15, -0.1) is 0 Å². The monoisotopic (exact) mass is 261 g/mol. The molecule has 1 aromatic rings. The van der Waals surface area contributed by atoms with Gasteiger partial charge in [0.05, 0.1) is 11.7 Å². The van der Waals surface area contributed by atoms with Gasteiger partial charge in [0, 0.05) is 12.1 Å². The molecule has 0 aliphatic carbocycles. The van der Waals surface area contributed by atoms with Crippen molar-refractivity contribution in [2.45, 2.75) is 12.2 Å². The van der Waals surface area contributed by atoms with Crippen LogP contribution in [0.5, 0.6) is 0 Å². The fourth-order valence-corrected chi connectivity index (χ4v) is 1.52. The Kier molecular flexibility index (Phi) is 4.71. The Balaban J connectivity index is 3.21. The minimum Gasteiger partial charge on any atom is -0.478 e. The molecule has 2 atom stereocenters. The van der Waals surface area contributed by atoms with Gasteiger partial charge < -0.3 is 20.6 Å². The Morgan fingerprint density at radius 1 is 1.33 bits per heavy atom. The van der Waals surface area contributed by atoms with Gasteiger partial charge in [0.1, 0.15) is 6.10 Å². The highest BCUT2D eigenvalue weighted by Crippen LogP contribution is 2.24. The van der Waals surface area contributed by atoms with Crippen LogP contribution in [0.25, 0.3) is 0 Å². The summed E-state index contributed by atoms with van der Waals surface area (Å²) >= 11 is 0. The summed E-state index contributed by atoms with van der Waals surface area (Å²) in [5, 5.41) is 30.7. The van der Waals surface area contributed by atoms with Crippen LogP contribution in [0.1, 0.15) is 22.0 Å². The maximum atomic E-state index is 13.1. The van der Waals surface area contributed by atoms with E-state index < -0.39 is 35.4 Å². The molecule has 18 heavy (non-hydrogen) atoms. The first kappa shape index (κ1) is 14.5. The van der Waals surface area contributed by atoms with Crippen LogP contribution in [-0.4, -0.2) is 41.0 Å². The van der Waals surface area contributed by atoms with E-state index in [0.717, 1.165) is 0 Å². The summed E-state index contributed by atoms with van der Waals surface area (Å²) in [5.41, 5.74) is -0.958. The van der Waals surface area contributed by atoms with E-state index in [2.05, 4.69) is 5.32 Å². The smallest absolute Gasteiger partial charge is 0.336 e. The van der Waals surface area contributed by atoms with Crippen LogP contribution in [0.4, 0.5) is 8.78 Å². The highest BCUT2D eigenvalue weighted by Gasteiger charge is 2.25. The van der Waals surface area contributed by atoms with Crippen LogP contribution in [-0.2, 0) is 0 Å². The number of aliphatic hydroxyl groups excluding tert-OH is 2. The molecule has 5 nitrogen and oxygen atoms in total. The molecule has 0 aliphatic rings. The number of halogens is 2. The average Bonchev–Trinajstić information content (AvgIpc) is 2.31. The van der Waals surface area contributed by atoms with Gasteiger partial charge in [0.15, 0.2) is 11.6 Å². The van der Waals surface area contributed by atoms with Gasteiger partial charge in [-0.2, -0.15) is 0 Å². The Hall–Kier alpha value is -1.57. The van der Waals surface area contributed by atoms with Gasteiger partial charge in [-0.25, -0.2) is 13.6 Å². The van der Waals surface area contributed by atoms with E-state index in [9.17, 15) is 23.8 Å². The normalized spacial score (nSPS) is 14.3. The second-order valence-corrected chi connectivity index (χ2v) is 3.73. The van der Waals surface area contributed by atoms with Gasteiger partial charge in [0.25, 0.3) is 0 Å². The number of carboxylic acid groups (broad SMARTS) is 1. The molecule has 2 unspecified atom stereocenters. The lowest BCUT2D eigenvalue weighted by Crippen LogP contribution is -2.30. The van der Waals surface area contributed by atoms with Crippen molar-refractivity contribution in [3.05, 3.63) is 34.9 Å². The molecule has 4 N–H and O–H groups in total. The second-order valence-electron chi connectivity index (χ2n) is 3.73. The lowest BCUT2D eigenvalue weighted by atomic mass is 9.98. The molecule has 0 saturated carbocycles. The summed E-state index contributed by atoms with van der Waals surface area (Å²) < 4.78 is 26.0. The van der Waals surface area contributed by atoms with Crippen LogP contribution >= 0.6 is 0 Å². The van der Waals surface area contributed by atoms with E-state index in [-0.39, 0.29) is 12.1 Å². The maximum absolute atomic E-state index is 13.1. The number of carbonyl (C=O) groups is 1. The summed E-state index contributed by atoms with van der Waals surface area (Å²) in [6.07, 6.45) is -2.96. The number of benzene rings is 1. The van der Waals surface area contributed by atoms with E-state index in [1.165, 1.54) is 7.05 Å². The number of likely N-dealkylation sites (N-methyl/N-ethyl adjacent to an activating group) is 1. The van der Waals surface area contributed by atoms with Gasteiger partial charge in [-0.05, 0) is 19.2 Å². The summed E-state index contributed by atoms with van der Waals surface area (Å²) in [6, 6.07) is 1.05. The SMILES string of the molecule is CNCC(O)C(O)c1cc(F)c(F)cc1C(=O)O. The third-order valence-corrected chi connectivity index (χ3v) is 2.42. The van der Waals surface area contributed by atoms with Crippen LogP contribution in [0.2, 0.25) is 0 Å². The zero-order valence-electron chi connectivity index (χ0n) is 9.52. The van der Waals surface area contributed by atoms with Crippen LogP contribution in [0.3, 0.4) is 0 Å². The lowest BCUT2D eigenvalue weighted by Gasteiger charge is -2.19. The van der Waals surface area contributed by atoms with Crippen LogP contribution < -0.4 is 5.32 Å². The molecule has 0 amide bonds. The highest BCUT2D eigenvalue weighted by molar-refractivity contribution is 5.89. The van der Waals surface area contributed by atoms with Gasteiger partial charge >= 0.3 is 5.97 Å². The third kappa shape index (κ3) is 3.00. The molecule has 0 fully saturated rings.